The normalized spacial score (nSPS) is 10.8. The molecule has 1 radical (unpaired) electrons. The van der Waals surface area contributed by atoms with Gasteiger partial charge in [-0.05, 0) is 50.9 Å². The second-order valence-corrected chi connectivity index (χ2v) is 11.0. The van der Waals surface area contributed by atoms with Crippen molar-refractivity contribution < 1.29 is 20.1 Å². The summed E-state index contributed by atoms with van der Waals surface area (Å²) in [6.07, 6.45) is 1.84. The zero-order chi connectivity index (χ0) is 30.7. The number of fused-ring (bicyclic) bond motifs is 1. The van der Waals surface area contributed by atoms with Gasteiger partial charge in [-0.25, -0.2) is 15.0 Å². The minimum atomic E-state index is 0. The Morgan fingerprint density at radius 3 is 1.81 bits per heavy atom. The van der Waals surface area contributed by atoms with Crippen molar-refractivity contribution in [3.05, 3.63) is 170 Å². The molecule has 2 heterocycles. The van der Waals surface area contributed by atoms with E-state index in [9.17, 15) is 0 Å². The van der Waals surface area contributed by atoms with Crippen LogP contribution in [0.1, 0.15) is 0 Å². The number of rotatable bonds is 6. The van der Waals surface area contributed by atoms with E-state index in [0.29, 0.717) is 17.5 Å². The Bertz CT molecular complexity index is 2320. The molecule has 0 fully saturated rings. The predicted molar refractivity (Wildman–Crippen MR) is 187 cm³/mol. The zero-order valence-electron chi connectivity index (χ0n) is 25.2. The SMILES string of the molecule is [Ir].[c-]1ccc(-c2nc(-c3cccc(-c4ccccc4)c3)nc(-c3ccccc3-c3ccccc3)n2)cc1-c1nccc2ccccc12. The molecule has 2 aromatic heterocycles. The molecule has 0 unspecified atom stereocenters. The van der Waals surface area contributed by atoms with Gasteiger partial charge < -0.3 is 4.98 Å². The molecule has 5 heteroatoms. The molecular weight excluding hydrogens is 753 g/mol. The maximum Gasteiger partial charge on any atom is 0.164 e. The van der Waals surface area contributed by atoms with Crippen LogP contribution >= 0.6 is 0 Å². The average molecular weight is 780 g/mol. The molecule has 0 saturated carbocycles. The number of nitrogens with zero attached hydrogens (tertiary/aromatic N) is 4. The Balaban J connectivity index is 0.00000351. The fourth-order valence-corrected chi connectivity index (χ4v) is 5.85. The Morgan fingerprint density at radius 2 is 1.02 bits per heavy atom. The number of aromatic nitrogens is 4. The van der Waals surface area contributed by atoms with Crippen molar-refractivity contribution in [2.24, 2.45) is 0 Å². The molecule has 6 aromatic carbocycles. The summed E-state index contributed by atoms with van der Waals surface area (Å²) in [5.74, 6) is 1.81. The van der Waals surface area contributed by atoms with Gasteiger partial charge in [0.1, 0.15) is 5.82 Å². The number of pyridine rings is 1. The van der Waals surface area contributed by atoms with Gasteiger partial charge in [-0.2, -0.15) is 0 Å². The van der Waals surface area contributed by atoms with Crippen LogP contribution in [-0.2, 0) is 20.1 Å². The Morgan fingerprint density at radius 1 is 0.426 bits per heavy atom. The van der Waals surface area contributed by atoms with Crippen molar-refractivity contribution in [1.82, 2.24) is 19.9 Å². The van der Waals surface area contributed by atoms with Crippen LogP contribution in [0.5, 0.6) is 0 Å². The fourth-order valence-electron chi connectivity index (χ4n) is 5.85. The van der Waals surface area contributed by atoms with Crippen LogP contribution in [-0.4, -0.2) is 19.9 Å². The van der Waals surface area contributed by atoms with Gasteiger partial charge in [0.2, 0.25) is 0 Å². The van der Waals surface area contributed by atoms with E-state index >= 15 is 0 Å². The van der Waals surface area contributed by atoms with Crippen LogP contribution in [0.3, 0.4) is 0 Å². The molecule has 225 valence electrons. The second kappa shape index (κ2) is 13.4. The second-order valence-electron chi connectivity index (χ2n) is 11.0. The molecule has 0 N–H and O–H groups in total. The Kier molecular flexibility index (Phi) is 8.57. The van der Waals surface area contributed by atoms with Crippen LogP contribution in [0.4, 0.5) is 0 Å². The van der Waals surface area contributed by atoms with Crippen LogP contribution in [0, 0.1) is 6.07 Å². The van der Waals surface area contributed by atoms with Crippen LogP contribution in [0.25, 0.3) is 78.4 Å². The van der Waals surface area contributed by atoms with E-state index in [1.807, 2.05) is 54.7 Å². The smallest absolute Gasteiger partial charge is 0.164 e. The third-order valence-electron chi connectivity index (χ3n) is 8.10. The largest absolute Gasteiger partial charge is 0.304 e. The monoisotopic (exact) mass is 780 g/mol. The summed E-state index contributed by atoms with van der Waals surface area (Å²) in [5, 5.41) is 2.21. The van der Waals surface area contributed by atoms with Gasteiger partial charge in [0, 0.05) is 37.4 Å². The summed E-state index contributed by atoms with van der Waals surface area (Å²) in [6.45, 7) is 0. The van der Waals surface area contributed by atoms with Gasteiger partial charge in [-0.15, -0.1) is 29.8 Å². The summed E-state index contributed by atoms with van der Waals surface area (Å²) < 4.78 is 0. The van der Waals surface area contributed by atoms with E-state index in [2.05, 4.69) is 115 Å². The van der Waals surface area contributed by atoms with Crippen molar-refractivity contribution in [1.29, 1.82) is 0 Å². The maximum atomic E-state index is 5.11. The number of benzene rings is 6. The molecule has 0 saturated heterocycles. The first-order chi connectivity index (χ1) is 22.8. The van der Waals surface area contributed by atoms with Gasteiger partial charge >= 0.3 is 0 Å². The van der Waals surface area contributed by atoms with E-state index in [1.165, 1.54) is 0 Å². The number of hydrogen-bond acceptors (Lipinski definition) is 4. The average Bonchev–Trinajstić information content (AvgIpc) is 3.15. The van der Waals surface area contributed by atoms with E-state index in [0.717, 1.165) is 61.0 Å². The van der Waals surface area contributed by atoms with Crippen LogP contribution in [0.15, 0.2) is 164 Å². The summed E-state index contributed by atoms with van der Waals surface area (Å²) in [4.78, 5) is 20.0. The van der Waals surface area contributed by atoms with Gasteiger partial charge in [0.15, 0.2) is 11.6 Å². The van der Waals surface area contributed by atoms with Gasteiger partial charge in [-0.3, -0.25) is 0 Å². The topological polar surface area (TPSA) is 51.6 Å². The molecule has 4 nitrogen and oxygen atoms in total. The standard InChI is InChI=1S/C42H27N4.Ir/c1-3-13-29(14-4-1)32-18-11-20-34(27-32)40-44-41(46-42(45-40)38-24-10-9-22-36(38)30-15-5-2-6-16-30)35-21-12-19-33(28-35)39-37-23-8-7-17-31(37)25-26-43-39;/h1-18,20-28H;/q-1;. The Labute approximate surface area is 287 Å². The molecule has 0 spiro atoms. The van der Waals surface area contributed by atoms with E-state index < -0.39 is 0 Å². The molecule has 0 atom stereocenters. The van der Waals surface area contributed by atoms with Crippen LogP contribution < -0.4 is 0 Å². The van der Waals surface area contributed by atoms with Crippen molar-refractivity contribution in [3.63, 3.8) is 0 Å². The van der Waals surface area contributed by atoms with Gasteiger partial charge in [0.25, 0.3) is 0 Å². The van der Waals surface area contributed by atoms with Gasteiger partial charge in [-0.1, -0.05) is 133 Å². The molecule has 0 aliphatic heterocycles. The summed E-state index contributed by atoms with van der Waals surface area (Å²) >= 11 is 0. The third kappa shape index (κ3) is 6.15. The van der Waals surface area contributed by atoms with Crippen LogP contribution in [0.2, 0.25) is 0 Å². The first kappa shape index (κ1) is 30.1. The Hall–Kier alpha value is -5.61. The van der Waals surface area contributed by atoms with Gasteiger partial charge in [0.05, 0.1) is 0 Å². The fraction of sp³-hybridized carbons (Fsp3) is 0. The van der Waals surface area contributed by atoms with Crippen molar-refractivity contribution >= 4 is 10.8 Å². The zero-order valence-corrected chi connectivity index (χ0v) is 27.6. The molecule has 47 heavy (non-hydrogen) atoms. The van der Waals surface area contributed by atoms with Crippen molar-refractivity contribution in [3.8, 4) is 67.7 Å². The third-order valence-corrected chi connectivity index (χ3v) is 8.10. The number of hydrogen-bond donors (Lipinski definition) is 0. The van der Waals surface area contributed by atoms with Crippen molar-refractivity contribution in [2.75, 3.05) is 0 Å². The summed E-state index contributed by atoms with van der Waals surface area (Å²) in [6, 6.07) is 57.1. The maximum absolute atomic E-state index is 5.11. The van der Waals surface area contributed by atoms with E-state index in [4.69, 9.17) is 19.9 Å². The molecule has 0 amide bonds. The van der Waals surface area contributed by atoms with Crippen molar-refractivity contribution in [2.45, 2.75) is 0 Å². The summed E-state index contributed by atoms with van der Waals surface area (Å²) in [7, 11) is 0. The molecule has 8 aromatic rings. The van der Waals surface area contributed by atoms with E-state index in [1.54, 1.807) is 0 Å². The summed E-state index contributed by atoms with van der Waals surface area (Å²) in [5.41, 5.74) is 8.89. The molecule has 0 aliphatic rings. The molecule has 0 bridgehead atoms. The minimum absolute atomic E-state index is 0. The minimum Gasteiger partial charge on any atom is -0.304 e. The first-order valence-corrected chi connectivity index (χ1v) is 15.2. The molecule has 0 aliphatic carbocycles. The predicted octanol–water partition coefficient (Wildman–Crippen LogP) is 10.2. The molecule has 8 rings (SSSR count). The van der Waals surface area contributed by atoms with E-state index in [-0.39, 0.29) is 20.1 Å². The molecular formula is C42H27IrN4-. The quantitative estimate of drug-likeness (QED) is 0.158. The first-order valence-electron chi connectivity index (χ1n) is 15.2.